The average Bonchev–Trinajstić information content (AvgIpc) is 1.65. The SMILES string of the molecule is CNB(C)C.[B]N(C)C. The molecule has 0 saturated heterocycles. The van der Waals surface area contributed by atoms with Gasteiger partial charge in [0.25, 0.3) is 0 Å². The summed E-state index contributed by atoms with van der Waals surface area (Å²) in [6.07, 6.45) is 0. The summed E-state index contributed by atoms with van der Waals surface area (Å²) in [5.41, 5.74) is 0. The van der Waals surface area contributed by atoms with E-state index >= 15 is 0 Å². The lowest BCUT2D eigenvalue weighted by Crippen LogP contribution is -2.21. The molecular weight excluding hydrogens is 110 g/mol. The third kappa shape index (κ3) is 70.1. The molecule has 0 amide bonds. The van der Waals surface area contributed by atoms with Gasteiger partial charge in [-0.15, -0.1) is 0 Å². The van der Waals surface area contributed by atoms with E-state index in [0.29, 0.717) is 6.85 Å². The molecule has 0 aromatic carbocycles. The van der Waals surface area contributed by atoms with Crippen molar-refractivity contribution in [2.45, 2.75) is 13.6 Å². The second kappa shape index (κ2) is 8.05. The van der Waals surface area contributed by atoms with Gasteiger partial charge in [-0.25, -0.2) is 0 Å². The Kier molecular flexibility index (Phi) is 10.6. The summed E-state index contributed by atoms with van der Waals surface area (Å²) in [4.78, 5) is 1.50. The fourth-order valence-electron chi connectivity index (χ4n) is 0. The first-order chi connectivity index (χ1) is 4.00. The number of rotatable bonds is 1. The molecule has 0 fully saturated rings. The topological polar surface area (TPSA) is 15.3 Å². The van der Waals surface area contributed by atoms with E-state index in [0.717, 1.165) is 0 Å². The van der Waals surface area contributed by atoms with Crippen LogP contribution in [0.4, 0.5) is 0 Å². The number of nitrogens with zero attached hydrogens (tertiary/aromatic N) is 1. The molecule has 0 saturated carbocycles. The van der Waals surface area contributed by atoms with Crippen LogP contribution in [0.15, 0.2) is 0 Å². The Hall–Kier alpha value is 0.0499. The highest BCUT2D eigenvalue weighted by Gasteiger charge is 1.85. The molecule has 0 heterocycles. The minimum absolute atomic E-state index is 0.634. The Bertz CT molecular complexity index is 45.5. The predicted molar refractivity (Wildman–Crippen MR) is 46.0 cm³/mol. The van der Waals surface area contributed by atoms with E-state index in [1.807, 2.05) is 7.05 Å². The van der Waals surface area contributed by atoms with Crippen molar-refractivity contribution in [1.82, 2.24) is 10.0 Å². The minimum Gasteiger partial charge on any atom is -0.359 e. The highest BCUT2D eigenvalue weighted by molar-refractivity contribution is 6.52. The van der Waals surface area contributed by atoms with Gasteiger partial charge in [0.1, 0.15) is 0 Å². The summed E-state index contributed by atoms with van der Waals surface area (Å²) in [5.74, 6) is 0. The minimum atomic E-state index is 0.634. The van der Waals surface area contributed by atoms with Gasteiger partial charge in [0.05, 0.1) is 0 Å². The summed E-state index contributed by atoms with van der Waals surface area (Å²) in [7, 11) is 10.4. The fraction of sp³-hybridized carbons (Fsp3) is 1.00. The van der Waals surface area contributed by atoms with Crippen molar-refractivity contribution >= 4 is 14.8 Å². The number of hydrogen-bond donors (Lipinski definition) is 1. The van der Waals surface area contributed by atoms with Gasteiger partial charge in [-0.3, -0.25) is 0 Å². The van der Waals surface area contributed by atoms with Crippen molar-refractivity contribution < 1.29 is 0 Å². The van der Waals surface area contributed by atoms with Crippen molar-refractivity contribution in [3.8, 4) is 0 Å². The first-order valence-corrected chi connectivity index (χ1v) is 3.10. The highest BCUT2D eigenvalue weighted by Crippen LogP contribution is 1.62. The van der Waals surface area contributed by atoms with Gasteiger partial charge < -0.3 is 10.0 Å². The van der Waals surface area contributed by atoms with E-state index in [1.165, 1.54) is 4.81 Å². The van der Waals surface area contributed by atoms with Crippen LogP contribution in [-0.2, 0) is 0 Å². The zero-order valence-electron chi connectivity index (χ0n) is 7.10. The van der Waals surface area contributed by atoms with Crippen LogP contribution < -0.4 is 5.23 Å². The second-order valence-electron chi connectivity index (χ2n) is 2.41. The zero-order chi connectivity index (χ0) is 7.86. The van der Waals surface area contributed by atoms with E-state index < -0.39 is 0 Å². The Morgan fingerprint density at radius 3 is 1.44 bits per heavy atom. The van der Waals surface area contributed by atoms with E-state index in [9.17, 15) is 0 Å². The van der Waals surface area contributed by atoms with Crippen LogP contribution in [0.5, 0.6) is 0 Å². The summed E-state index contributed by atoms with van der Waals surface area (Å²) in [6, 6.07) is 0. The quantitative estimate of drug-likeness (QED) is 0.500. The molecule has 4 heteroatoms. The Morgan fingerprint density at radius 1 is 1.33 bits per heavy atom. The van der Waals surface area contributed by atoms with Crippen LogP contribution in [0, 0.1) is 0 Å². The average molecular weight is 126 g/mol. The molecule has 9 heavy (non-hydrogen) atoms. The molecule has 0 unspecified atom stereocenters. The molecule has 0 aliphatic heterocycles. The number of hydrogen-bond acceptors (Lipinski definition) is 2. The third-order valence-electron chi connectivity index (χ3n) is 0.577. The molecule has 0 rings (SSSR count). The molecule has 0 bridgehead atoms. The summed E-state index contributed by atoms with van der Waals surface area (Å²) >= 11 is 0. The van der Waals surface area contributed by atoms with E-state index in [2.05, 4.69) is 18.9 Å². The Morgan fingerprint density at radius 2 is 1.44 bits per heavy atom. The predicted octanol–water partition coefficient (Wildman–Crippen LogP) is 0.0884. The molecule has 1 N–H and O–H groups in total. The third-order valence-corrected chi connectivity index (χ3v) is 0.577. The van der Waals surface area contributed by atoms with Gasteiger partial charge >= 0.3 is 0 Å². The smallest absolute Gasteiger partial charge is 0.213 e. The molecule has 0 aromatic rings. The molecule has 0 aromatic heterocycles. The van der Waals surface area contributed by atoms with Gasteiger partial charge in [-0.1, -0.05) is 13.6 Å². The molecule has 0 atom stereocenters. The molecule has 0 aliphatic carbocycles. The van der Waals surface area contributed by atoms with Crippen LogP contribution in [0.25, 0.3) is 0 Å². The summed E-state index contributed by atoms with van der Waals surface area (Å²) in [5, 5.41) is 3.03. The monoisotopic (exact) mass is 126 g/mol. The maximum absolute atomic E-state index is 4.94. The van der Waals surface area contributed by atoms with E-state index in [4.69, 9.17) is 7.98 Å². The van der Waals surface area contributed by atoms with Crippen molar-refractivity contribution in [3.63, 3.8) is 0 Å². The lowest BCUT2D eigenvalue weighted by molar-refractivity contribution is 0.679. The van der Waals surface area contributed by atoms with Crippen LogP contribution in [-0.4, -0.2) is 40.8 Å². The van der Waals surface area contributed by atoms with Crippen molar-refractivity contribution in [3.05, 3.63) is 0 Å². The molecule has 2 nitrogen and oxygen atoms in total. The normalized spacial score (nSPS) is 8.22. The first-order valence-electron chi connectivity index (χ1n) is 3.10. The van der Waals surface area contributed by atoms with Crippen LogP contribution in [0.3, 0.4) is 0 Å². The highest BCUT2D eigenvalue weighted by atomic mass is 14.9. The molecule has 0 aliphatic rings. The summed E-state index contributed by atoms with van der Waals surface area (Å²) < 4.78 is 0. The fourth-order valence-corrected chi connectivity index (χ4v) is 0. The first kappa shape index (κ1) is 11.8. The Labute approximate surface area is 60.5 Å². The van der Waals surface area contributed by atoms with Crippen LogP contribution in [0.1, 0.15) is 0 Å². The van der Waals surface area contributed by atoms with E-state index in [1.54, 1.807) is 14.1 Å². The molecular formula is C5H16B2N2. The van der Waals surface area contributed by atoms with Gasteiger partial charge in [0.15, 0.2) is 7.98 Å². The molecule has 52 valence electrons. The molecule has 0 spiro atoms. The molecule has 2 radical (unpaired) electrons. The van der Waals surface area contributed by atoms with Gasteiger partial charge in [0.2, 0.25) is 6.85 Å². The maximum atomic E-state index is 4.94. The zero-order valence-corrected chi connectivity index (χ0v) is 7.10. The van der Waals surface area contributed by atoms with E-state index in [-0.39, 0.29) is 0 Å². The van der Waals surface area contributed by atoms with Crippen LogP contribution in [0.2, 0.25) is 13.6 Å². The largest absolute Gasteiger partial charge is 0.359 e. The lowest BCUT2D eigenvalue weighted by Gasteiger charge is -1.90. The Balaban J connectivity index is 0. The lowest BCUT2D eigenvalue weighted by atomic mass is 9.69. The van der Waals surface area contributed by atoms with Crippen molar-refractivity contribution in [2.75, 3.05) is 21.1 Å². The second-order valence-corrected chi connectivity index (χ2v) is 2.41. The number of nitrogens with one attached hydrogen (secondary N) is 1. The van der Waals surface area contributed by atoms with Gasteiger partial charge in [-0.05, 0) is 21.1 Å². The van der Waals surface area contributed by atoms with Crippen molar-refractivity contribution in [2.24, 2.45) is 0 Å². The van der Waals surface area contributed by atoms with Crippen molar-refractivity contribution in [1.29, 1.82) is 0 Å². The summed E-state index contributed by atoms with van der Waals surface area (Å²) in [6.45, 7) is 4.86. The van der Waals surface area contributed by atoms with Crippen LogP contribution >= 0.6 is 0 Å². The standard InChI is InChI=1S/C3H10BN.C2H6BN/c1-4(2)5-3;1-4(2)3/h5H,1-3H3;1-2H3. The maximum Gasteiger partial charge on any atom is 0.213 e. The van der Waals surface area contributed by atoms with Gasteiger partial charge in [0, 0.05) is 0 Å². The van der Waals surface area contributed by atoms with Gasteiger partial charge in [-0.2, -0.15) is 0 Å².